The molecule has 1 unspecified atom stereocenters. The Morgan fingerprint density at radius 3 is 2.73 bits per heavy atom. The van der Waals surface area contributed by atoms with Gasteiger partial charge in [0.15, 0.2) is 6.10 Å². The summed E-state index contributed by atoms with van der Waals surface area (Å²) in [5.74, 6) is -0.175. The zero-order chi connectivity index (χ0) is 16.5. The van der Waals surface area contributed by atoms with Crippen molar-refractivity contribution in [2.45, 2.75) is 13.0 Å². The largest absolute Gasteiger partial charge is 0.480 e. The van der Waals surface area contributed by atoms with Crippen LogP contribution < -0.4 is 15.4 Å². The summed E-state index contributed by atoms with van der Waals surface area (Å²) in [6, 6.07) is 4.99. The molecule has 0 aromatic heterocycles. The van der Waals surface area contributed by atoms with Crippen molar-refractivity contribution in [2.75, 3.05) is 26.8 Å². The van der Waals surface area contributed by atoms with Crippen LogP contribution in [0.3, 0.4) is 0 Å². The van der Waals surface area contributed by atoms with E-state index in [4.69, 9.17) is 21.1 Å². The van der Waals surface area contributed by atoms with Crippen molar-refractivity contribution in [3.05, 3.63) is 27.7 Å². The Bertz CT molecular complexity index is 528. The molecule has 1 atom stereocenters. The standard InChI is InChI=1S/C14H18BrClN2O4/c1-9(22-12-4-3-10(16)7-11(12)15)14(20)18-8-13(19)17-5-6-21-2/h3-4,7,9H,5-6,8H2,1-2H3,(H,17,19)(H,18,20). The van der Waals surface area contributed by atoms with Gasteiger partial charge in [0.25, 0.3) is 5.91 Å². The van der Waals surface area contributed by atoms with Crippen molar-refractivity contribution in [1.82, 2.24) is 10.6 Å². The molecule has 1 aromatic rings. The van der Waals surface area contributed by atoms with Gasteiger partial charge in [0, 0.05) is 18.7 Å². The van der Waals surface area contributed by atoms with Gasteiger partial charge < -0.3 is 20.1 Å². The van der Waals surface area contributed by atoms with Crippen molar-refractivity contribution < 1.29 is 19.1 Å². The Labute approximate surface area is 142 Å². The summed E-state index contributed by atoms with van der Waals surface area (Å²) in [6.07, 6.45) is -0.746. The second-order valence-electron chi connectivity index (χ2n) is 4.40. The third-order valence-corrected chi connectivity index (χ3v) is 3.47. The highest BCUT2D eigenvalue weighted by molar-refractivity contribution is 9.10. The Balaban J connectivity index is 2.40. The Morgan fingerprint density at radius 1 is 1.36 bits per heavy atom. The first-order chi connectivity index (χ1) is 10.4. The molecule has 0 aliphatic heterocycles. The van der Waals surface area contributed by atoms with E-state index in [0.29, 0.717) is 28.4 Å². The highest BCUT2D eigenvalue weighted by Gasteiger charge is 2.16. The molecule has 0 radical (unpaired) electrons. The molecule has 0 aliphatic rings. The minimum Gasteiger partial charge on any atom is -0.480 e. The van der Waals surface area contributed by atoms with E-state index in [1.165, 1.54) is 0 Å². The lowest BCUT2D eigenvalue weighted by Gasteiger charge is -2.15. The normalized spacial score (nSPS) is 11.6. The fourth-order valence-electron chi connectivity index (χ4n) is 1.48. The lowest BCUT2D eigenvalue weighted by molar-refractivity contribution is -0.130. The van der Waals surface area contributed by atoms with Crippen LogP contribution in [0.4, 0.5) is 0 Å². The maximum Gasteiger partial charge on any atom is 0.261 e. The number of benzene rings is 1. The number of methoxy groups -OCH3 is 1. The first-order valence-corrected chi connectivity index (χ1v) is 7.76. The zero-order valence-corrected chi connectivity index (χ0v) is 14.7. The summed E-state index contributed by atoms with van der Waals surface area (Å²) < 4.78 is 11.0. The van der Waals surface area contributed by atoms with E-state index in [-0.39, 0.29) is 18.4 Å². The van der Waals surface area contributed by atoms with E-state index in [1.807, 2.05) is 0 Å². The van der Waals surface area contributed by atoms with Gasteiger partial charge in [-0.1, -0.05) is 11.6 Å². The predicted octanol–water partition coefficient (Wildman–Crippen LogP) is 1.75. The molecule has 1 aromatic carbocycles. The maximum atomic E-state index is 11.9. The number of ether oxygens (including phenoxy) is 2. The first-order valence-electron chi connectivity index (χ1n) is 6.59. The van der Waals surface area contributed by atoms with Crippen LogP contribution in [0.5, 0.6) is 5.75 Å². The molecule has 2 amide bonds. The second kappa shape index (κ2) is 9.66. The molecule has 0 fully saturated rings. The van der Waals surface area contributed by atoms with Gasteiger partial charge in [-0.3, -0.25) is 9.59 Å². The Hall–Kier alpha value is -1.31. The number of carbonyl (C=O) groups excluding carboxylic acids is 2. The number of nitrogens with one attached hydrogen (secondary N) is 2. The second-order valence-corrected chi connectivity index (χ2v) is 5.69. The number of amides is 2. The summed E-state index contributed by atoms with van der Waals surface area (Å²) in [5, 5.41) is 5.66. The molecule has 0 saturated heterocycles. The lowest BCUT2D eigenvalue weighted by atomic mass is 10.3. The van der Waals surface area contributed by atoms with Crippen molar-refractivity contribution in [3.8, 4) is 5.75 Å². The van der Waals surface area contributed by atoms with Crippen molar-refractivity contribution >= 4 is 39.3 Å². The highest BCUT2D eigenvalue weighted by Crippen LogP contribution is 2.28. The molecule has 0 saturated carbocycles. The minimum atomic E-state index is -0.746. The molecule has 0 bridgehead atoms. The van der Waals surface area contributed by atoms with Gasteiger partial charge >= 0.3 is 0 Å². The van der Waals surface area contributed by atoms with E-state index >= 15 is 0 Å². The van der Waals surface area contributed by atoms with Gasteiger partial charge in [0.05, 0.1) is 17.6 Å². The number of halogens is 2. The molecule has 0 aliphatic carbocycles. The summed E-state index contributed by atoms with van der Waals surface area (Å²) in [6.45, 7) is 2.30. The van der Waals surface area contributed by atoms with Gasteiger partial charge in [-0.15, -0.1) is 0 Å². The van der Waals surface area contributed by atoms with Gasteiger partial charge in [-0.25, -0.2) is 0 Å². The minimum absolute atomic E-state index is 0.113. The molecular formula is C14H18BrClN2O4. The van der Waals surface area contributed by atoms with E-state index in [9.17, 15) is 9.59 Å². The highest BCUT2D eigenvalue weighted by atomic mass is 79.9. The number of hydrogen-bond acceptors (Lipinski definition) is 4. The SMILES string of the molecule is COCCNC(=O)CNC(=O)C(C)Oc1ccc(Cl)cc1Br. The van der Waals surface area contributed by atoms with E-state index in [0.717, 1.165) is 0 Å². The van der Waals surface area contributed by atoms with Crippen molar-refractivity contribution in [3.63, 3.8) is 0 Å². The van der Waals surface area contributed by atoms with Gasteiger partial charge in [-0.2, -0.15) is 0 Å². The van der Waals surface area contributed by atoms with Gasteiger partial charge in [-0.05, 0) is 41.1 Å². The molecule has 8 heteroatoms. The van der Waals surface area contributed by atoms with Gasteiger partial charge in [0.2, 0.25) is 5.91 Å². The molecule has 0 heterocycles. The van der Waals surface area contributed by atoms with E-state index in [1.54, 1.807) is 32.2 Å². The summed E-state index contributed by atoms with van der Waals surface area (Å²) in [7, 11) is 1.54. The fraction of sp³-hybridized carbons (Fsp3) is 0.429. The molecule has 22 heavy (non-hydrogen) atoms. The average molecular weight is 394 g/mol. The van der Waals surface area contributed by atoms with Crippen LogP contribution in [0.25, 0.3) is 0 Å². The molecule has 122 valence electrons. The topological polar surface area (TPSA) is 76.7 Å². The first kappa shape index (κ1) is 18.7. The molecule has 1 rings (SSSR count). The van der Waals surface area contributed by atoms with Crippen molar-refractivity contribution in [2.24, 2.45) is 0 Å². The Kier molecular flexibility index (Phi) is 8.22. The summed E-state index contributed by atoms with van der Waals surface area (Å²) in [5.41, 5.74) is 0. The quantitative estimate of drug-likeness (QED) is 0.660. The average Bonchev–Trinajstić information content (AvgIpc) is 2.47. The van der Waals surface area contributed by atoms with Crippen LogP contribution in [-0.2, 0) is 14.3 Å². The predicted molar refractivity (Wildman–Crippen MR) is 87.1 cm³/mol. The molecular weight excluding hydrogens is 376 g/mol. The van der Waals surface area contributed by atoms with Crippen LogP contribution in [0, 0.1) is 0 Å². The van der Waals surface area contributed by atoms with Crippen LogP contribution in [0.15, 0.2) is 22.7 Å². The number of rotatable bonds is 8. The van der Waals surface area contributed by atoms with Crippen molar-refractivity contribution in [1.29, 1.82) is 0 Å². The third kappa shape index (κ3) is 6.64. The smallest absolute Gasteiger partial charge is 0.261 e. The van der Waals surface area contributed by atoms with E-state index in [2.05, 4.69) is 26.6 Å². The van der Waals surface area contributed by atoms with E-state index < -0.39 is 6.10 Å². The lowest BCUT2D eigenvalue weighted by Crippen LogP contribution is -2.43. The van der Waals surface area contributed by atoms with Gasteiger partial charge in [0.1, 0.15) is 5.75 Å². The third-order valence-electron chi connectivity index (χ3n) is 2.62. The monoisotopic (exact) mass is 392 g/mol. The zero-order valence-electron chi connectivity index (χ0n) is 12.3. The van der Waals surface area contributed by atoms with Crippen LogP contribution >= 0.6 is 27.5 Å². The summed E-state index contributed by atoms with van der Waals surface area (Å²) >= 11 is 9.14. The molecule has 2 N–H and O–H groups in total. The summed E-state index contributed by atoms with van der Waals surface area (Å²) in [4.78, 5) is 23.3. The fourth-order valence-corrected chi connectivity index (χ4v) is 2.26. The maximum absolute atomic E-state index is 11.9. The molecule has 6 nitrogen and oxygen atoms in total. The van der Waals surface area contributed by atoms with Crippen LogP contribution in [-0.4, -0.2) is 44.7 Å². The number of hydrogen-bond donors (Lipinski definition) is 2. The molecule has 0 spiro atoms. The Morgan fingerprint density at radius 2 is 2.09 bits per heavy atom. The van der Waals surface area contributed by atoms with Crippen LogP contribution in [0.2, 0.25) is 5.02 Å². The van der Waals surface area contributed by atoms with Crippen LogP contribution in [0.1, 0.15) is 6.92 Å². The number of carbonyl (C=O) groups is 2.